The van der Waals surface area contributed by atoms with Crippen molar-refractivity contribution in [2.75, 3.05) is 11.6 Å². The van der Waals surface area contributed by atoms with Crippen molar-refractivity contribution in [3.63, 3.8) is 0 Å². The number of sulfonamides is 1. The number of anilines is 1. The Hall–Kier alpha value is -1.97. The van der Waals surface area contributed by atoms with Crippen LogP contribution in [-0.4, -0.2) is 34.1 Å². The largest absolute Gasteiger partial charge is 0.364 e. The highest BCUT2D eigenvalue weighted by molar-refractivity contribution is 7.90. The molecular weight excluding hydrogens is 398 g/mol. The van der Waals surface area contributed by atoms with Gasteiger partial charge in [-0.2, -0.15) is 0 Å². The third kappa shape index (κ3) is 6.02. The zero-order chi connectivity index (χ0) is 20.9. The Balaban J connectivity index is 2.07. The lowest BCUT2D eigenvalue weighted by atomic mass is 10.1. The fourth-order valence-corrected chi connectivity index (χ4v) is 4.61. The first-order valence-electron chi connectivity index (χ1n) is 9.08. The van der Waals surface area contributed by atoms with Gasteiger partial charge in [0, 0.05) is 24.5 Å². The number of rotatable bonds is 9. The molecule has 0 aliphatic carbocycles. The maximum Gasteiger partial charge on any atom is 0.242 e. The molecule has 2 atom stereocenters. The molecule has 7 nitrogen and oxygen atoms in total. The van der Waals surface area contributed by atoms with Gasteiger partial charge in [-0.25, -0.2) is 26.5 Å². The van der Waals surface area contributed by atoms with Crippen molar-refractivity contribution in [3.8, 4) is 0 Å². The van der Waals surface area contributed by atoms with E-state index in [0.29, 0.717) is 5.82 Å². The fraction of sp³-hybridized carbons (Fsp3) is 0.421. The van der Waals surface area contributed by atoms with E-state index in [-0.39, 0.29) is 21.9 Å². The molecule has 1 aromatic carbocycles. The van der Waals surface area contributed by atoms with E-state index in [1.807, 2.05) is 20.8 Å². The maximum absolute atomic E-state index is 12.4. The SMILES string of the molecule is CCCC(C)NS(=O)(=O)c1ccc(NC(C)c2ccc(S(C)(=O)=O)cc2)nc1. The normalized spacial score (nSPS) is 14.4. The first-order valence-corrected chi connectivity index (χ1v) is 12.5. The summed E-state index contributed by atoms with van der Waals surface area (Å²) in [5, 5.41) is 3.18. The predicted molar refractivity (Wildman–Crippen MR) is 111 cm³/mol. The van der Waals surface area contributed by atoms with Crippen LogP contribution in [0.3, 0.4) is 0 Å². The van der Waals surface area contributed by atoms with E-state index in [9.17, 15) is 16.8 Å². The molecule has 0 saturated heterocycles. The van der Waals surface area contributed by atoms with Gasteiger partial charge < -0.3 is 5.32 Å². The second-order valence-electron chi connectivity index (χ2n) is 6.90. The molecule has 28 heavy (non-hydrogen) atoms. The summed E-state index contributed by atoms with van der Waals surface area (Å²) in [5.74, 6) is 0.528. The van der Waals surface area contributed by atoms with E-state index < -0.39 is 19.9 Å². The number of nitrogens with one attached hydrogen (secondary N) is 2. The number of hydrogen-bond acceptors (Lipinski definition) is 6. The molecule has 0 spiro atoms. The topological polar surface area (TPSA) is 105 Å². The molecule has 0 amide bonds. The van der Waals surface area contributed by atoms with Gasteiger partial charge in [0.15, 0.2) is 9.84 Å². The third-order valence-electron chi connectivity index (χ3n) is 4.30. The highest BCUT2D eigenvalue weighted by atomic mass is 32.2. The third-order valence-corrected chi connectivity index (χ3v) is 7.00. The average Bonchev–Trinajstić information content (AvgIpc) is 2.61. The first-order chi connectivity index (χ1) is 13.0. The molecule has 0 bridgehead atoms. The van der Waals surface area contributed by atoms with Gasteiger partial charge in [0.2, 0.25) is 10.0 Å². The Bertz CT molecular complexity index is 986. The van der Waals surface area contributed by atoms with Crippen LogP contribution in [0.15, 0.2) is 52.4 Å². The summed E-state index contributed by atoms with van der Waals surface area (Å²) in [4.78, 5) is 4.58. The molecule has 0 saturated carbocycles. The Morgan fingerprint density at radius 3 is 2.07 bits per heavy atom. The molecule has 154 valence electrons. The van der Waals surface area contributed by atoms with Crippen LogP contribution in [-0.2, 0) is 19.9 Å². The molecule has 0 fully saturated rings. The van der Waals surface area contributed by atoms with Gasteiger partial charge in [-0.05, 0) is 50.1 Å². The molecule has 9 heteroatoms. The summed E-state index contributed by atoms with van der Waals surface area (Å²) in [6.45, 7) is 5.75. The van der Waals surface area contributed by atoms with Gasteiger partial charge in [-0.15, -0.1) is 0 Å². The number of sulfone groups is 1. The molecular formula is C19H27N3O4S2. The van der Waals surface area contributed by atoms with E-state index in [4.69, 9.17) is 0 Å². The van der Waals surface area contributed by atoms with E-state index >= 15 is 0 Å². The Morgan fingerprint density at radius 1 is 0.964 bits per heavy atom. The summed E-state index contributed by atoms with van der Waals surface area (Å²) in [6.07, 6.45) is 4.15. The van der Waals surface area contributed by atoms with Crippen LogP contribution in [0, 0.1) is 0 Å². The summed E-state index contributed by atoms with van der Waals surface area (Å²) < 4.78 is 50.5. The van der Waals surface area contributed by atoms with Crippen LogP contribution in [0.25, 0.3) is 0 Å². The minimum Gasteiger partial charge on any atom is -0.364 e. The lowest BCUT2D eigenvalue weighted by molar-refractivity contribution is 0.543. The van der Waals surface area contributed by atoms with Gasteiger partial charge in [-0.1, -0.05) is 25.5 Å². The minimum atomic E-state index is -3.60. The molecule has 2 aromatic rings. The van der Waals surface area contributed by atoms with Crippen LogP contribution < -0.4 is 10.0 Å². The van der Waals surface area contributed by atoms with E-state index in [2.05, 4.69) is 15.0 Å². The summed E-state index contributed by atoms with van der Waals surface area (Å²) >= 11 is 0. The lowest BCUT2D eigenvalue weighted by Crippen LogP contribution is -2.32. The summed E-state index contributed by atoms with van der Waals surface area (Å²) in [6, 6.07) is 9.46. The smallest absolute Gasteiger partial charge is 0.242 e. The monoisotopic (exact) mass is 425 g/mol. The van der Waals surface area contributed by atoms with Crippen LogP contribution in [0.4, 0.5) is 5.82 Å². The van der Waals surface area contributed by atoms with E-state index in [0.717, 1.165) is 18.4 Å². The van der Waals surface area contributed by atoms with Crippen LogP contribution >= 0.6 is 0 Å². The van der Waals surface area contributed by atoms with Crippen molar-refractivity contribution in [1.29, 1.82) is 0 Å². The molecule has 0 aliphatic rings. The van der Waals surface area contributed by atoms with Gasteiger partial charge in [0.25, 0.3) is 0 Å². The molecule has 0 aliphatic heterocycles. The minimum absolute atomic E-state index is 0.117. The average molecular weight is 426 g/mol. The highest BCUT2D eigenvalue weighted by Crippen LogP contribution is 2.21. The Kier molecular flexibility index (Phi) is 7.19. The molecule has 1 aromatic heterocycles. The van der Waals surface area contributed by atoms with Crippen molar-refractivity contribution in [3.05, 3.63) is 48.2 Å². The quantitative estimate of drug-likeness (QED) is 0.639. The lowest BCUT2D eigenvalue weighted by Gasteiger charge is -2.16. The molecule has 0 radical (unpaired) electrons. The molecule has 1 heterocycles. The van der Waals surface area contributed by atoms with Crippen molar-refractivity contribution >= 4 is 25.7 Å². The predicted octanol–water partition coefficient (Wildman–Crippen LogP) is 3.13. The number of benzene rings is 1. The fourth-order valence-electron chi connectivity index (χ4n) is 2.76. The van der Waals surface area contributed by atoms with E-state index in [1.54, 1.807) is 30.3 Å². The zero-order valence-corrected chi connectivity index (χ0v) is 18.1. The number of pyridine rings is 1. The Labute approximate surface area is 167 Å². The zero-order valence-electron chi connectivity index (χ0n) is 16.5. The highest BCUT2D eigenvalue weighted by Gasteiger charge is 2.17. The number of hydrogen-bond donors (Lipinski definition) is 2. The van der Waals surface area contributed by atoms with Crippen LogP contribution in [0.2, 0.25) is 0 Å². The molecule has 2 rings (SSSR count). The van der Waals surface area contributed by atoms with Crippen molar-refractivity contribution in [2.24, 2.45) is 0 Å². The number of nitrogens with zero attached hydrogens (tertiary/aromatic N) is 1. The number of aromatic nitrogens is 1. The van der Waals surface area contributed by atoms with Crippen LogP contribution in [0.5, 0.6) is 0 Å². The standard InChI is InChI=1S/C19H27N3O4S2/c1-5-6-14(2)22-28(25,26)18-11-12-19(20-13-18)21-15(3)16-7-9-17(10-8-16)27(4,23)24/h7-15,22H,5-6H2,1-4H3,(H,20,21). The van der Waals surface area contributed by atoms with Crippen molar-refractivity contribution in [2.45, 2.75) is 55.5 Å². The summed E-state index contributed by atoms with van der Waals surface area (Å²) in [5.41, 5.74) is 0.890. The van der Waals surface area contributed by atoms with Gasteiger partial charge in [0.05, 0.1) is 4.90 Å². The Morgan fingerprint density at radius 2 is 1.57 bits per heavy atom. The summed E-state index contributed by atoms with van der Waals surface area (Å²) in [7, 11) is -6.83. The second-order valence-corrected chi connectivity index (χ2v) is 10.6. The molecule has 2 unspecified atom stereocenters. The van der Waals surface area contributed by atoms with Gasteiger partial charge >= 0.3 is 0 Å². The maximum atomic E-state index is 12.4. The second kappa shape index (κ2) is 9.02. The van der Waals surface area contributed by atoms with Crippen molar-refractivity contribution in [1.82, 2.24) is 9.71 Å². The van der Waals surface area contributed by atoms with Crippen LogP contribution in [0.1, 0.15) is 45.2 Å². The van der Waals surface area contributed by atoms with E-state index in [1.165, 1.54) is 18.5 Å². The van der Waals surface area contributed by atoms with Crippen molar-refractivity contribution < 1.29 is 16.8 Å². The van der Waals surface area contributed by atoms with Gasteiger partial charge in [0.1, 0.15) is 10.7 Å². The van der Waals surface area contributed by atoms with Gasteiger partial charge in [-0.3, -0.25) is 0 Å². The first kappa shape index (κ1) is 22.3. The molecule has 2 N–H and O–H groups in total.